The van der Waals surface area contributed by atoms with Crippen molar-refractivity contribution in [2.45, 2.75) is 29.5 Å². The zero-order valence-corrected chi connectivity index (χ0v) is 11.7. The number of phenols is 1. The summed E-state index contributed by atoms with van der Waals surface area (Å²) < 4.78 is 0. The molecule has 19 heavy (non-hydrogen) atoms. The first-order valence-corrected chi connectivity index (χ1v) is 7.54. The predicted molar refractivity (Wildman–Crippen MR) is 76.5 cm³/mol. The minimum absolute atomic E-state index is 0.200. The number of carbonyl (C=O) groups excluding carboxylic acids is 1. The van der Waals surface area contributed by atoms with E-state index >= 15 is 0 Å². The lowest BCUT2D eigenvalue weighted by atomic mass is 10.2. The summed E-state index contributed by atoms with van der Waals surface area (Å²) >= 11 is 1.67. The summed E-state index contributed by atoms with van der Waals surface area (Å²) in [7, 11) is 2.03. The molecule has 0 aromatic heterocycles. The molecule has 3 rings (SSSR count). The molecule has 1 aromatic rings. The second-order valence-corrected chi connectivity index (χ2v) is 6.35. The van der Waals surface area contributed by atoms with Gasteiger partial charge in [-0.25, -0.2) is 0 Å². The lowest BCUT2D eigenvalue weighted by Gasteiger charge is -2.21. The van der Waals surface area contributed by atoms with Gasteiger partial charge in [-0.15, -0.1) is 0 Å². The maximum absolute atomic E-state index is 11.6. The van der Waals surface area contributed by atoms with Gasteiger partial charge < -0.3 is 15.3 Å². The average Bonchev–Trinajstić information content (AvgIpc) is 3.18. The monoisotopic (exact) mass is 278 g/mol. The molecule has 0 bridgehead atoms. The van der Waals surface area contributed by atoms with E-state index in [1.54, 1.807) is 17.8 Å². The van der Waals surface area contributed by atoms with E-state index in [4.69, 9.17) is 0 Å². The Balaban J connectivity index is 1.56. The van der Waals surface area contributed by atoms with Crippen molar-refractivity contribution in [3.05, 3.63) is 18.2 Å². The van der Waals surface area contributed by atoms with Crippen molar-refractivity contribution < 1.29 is 9.90 Å². The molecule has 2 aliphatic rings. The zero-order valence-electron chi connectivity index (χ0n) is 10.9. The van der Waals surface area contributed by atoms with Gasteiger partial charge in [0.15, 0.2) is 0 Å². The SMILES string of the molecule is CN1c2cccc(O)c2SC1CCNC(=O)C1CC1. The quantitative estimate of drug-likeness (QED) is 0.886. The summed E-state index contributed by atoms with van der Waals surface area (Å²) in [6.07, 6.45) is 2.97. The summed E-state index contributed by atoms with van der Waals surface area (Å²) in [5.41, 5.74) is 1.07. The normalized spacial score (nSPS) is 21.3. The smallest absolute Gasteiger partial charge is 0.223 e. The Kier molecular flexibility index (Phi) is 3.31. The Morgan fingerprint density at radius 2 is 2.32 bits per heavy atom. The fourth-order valence-corrected chi connectivity index (χ4v) is 3.64. The van der Waals surface area contributed by atoms with Gasteiger partial charge in [0, 0.05) is 19.5 Å². The molecule has 1 unspecified atom stereocenters. The van der Waals surface area contributed by atoms with Gasteiger partial charge in [0.2, 0.25) is 5.91 Å². The van der Waals surface area contributed by atoms with E-state index in [0.29, 0.717) is 12.3 Å². The number of fused-ring (bicyclic) bond motifs is 1. The zero-order chi connectivity index (χ0) is 13.4. The number of carbonyl (C=O) groups is 1. The third kappa shape index (κ3) is 2.52. The van der Waals surface area contributed by atoms with Gasteiger partial charge in [-0.05, 0) is 31.4 Å². The molecule has 1 aliphatic heterocycles. The molecule has 102 valence electrons. The molecule has 2 N–H and O–H groups in total. The summed E-state index contributed by atoms with van der Waals surface area (Å²) in [5, 5.41) is 13.1. The van der Waals surface area contributed by atoms with Crippen molar-refractivity contribution in [1.82, 2.24) is 5.32 Å². The van der Waals surface area contributed by atoms with Crippen molar-refractivity contribution in [2.24, 2.45) is 5.92 Å². The first-order valence-electron chi connectivity index (χ1n) is 6.66. The summed E-state index contributed by atoms with van der Waals surface area (Å²) in [6, 6.07) is 5.60. The standard InChI is InChI=1S/C14H18N2O2S/c1-16-10-3-2-4-11(17)13(10)19-12(16)7-8-15-14(18)9-5-6-9/h2-4,9,12,17H,5-8H2,1H3,(H,15,18). The predicted octanol–water partition coefficient (Wildman–Crippen LogP) is 2.18. The average molecular weight is 278 g/mol. The van der Waals surface area contributed by atoms with Gasteiger partial charge >= 0.3 is 0 Å². The van der Waals surface area contributed by atoms with Crippen molar-refractivity contribution in [3.8, 4) is 5.75 Å². The lowest BCUT2D eigenvalue weighted by molar-refractivity contribution is -0.122. The Morgan fingerprint density at radius 3 is 3.00 bits per heavy atom. The number of aromatic hydroxyl groups is 1. The number of phenolic OH excluding ortho intramolecular Hbond substituents is 1. The fraction of sp³-hybridized carbons (Fsp3) is 0.500. The van der Waals surface area contributed by atoms with Crippen LogP contribution in [0.25, 0.3) is 0 Å². The van der Waals surface area contributed by atoms with Gasteiger partial charge in [0.1, 0.15) is 5.75 Å². The lowest BCUT2D eigenvalue weighted by Crippen LogP contribution is -2.32. The summed E-state index contributed by atoms with van der Waals surface area (Å²) in [5.74, 6) is 0.820. The molecule has 1 aliphatic carbocycles. The van der Waals surface area contributed by atoms with Gasteiger partial charge in [-0.3, -0.25) is 4.79 Å². The number of nitrogens with zero attached hydrogens (tertiary/aromatic N) is 1. The van der Waals surface area contributed by atoms with Crippen molar-refractivity contribution in [3.63, 3.8) is 0 Å². The maximum Gasteiger partial charge on any atom is 0.223 e. The number of anilines is 1. The highest BCUT2D eigenvalue weighted by Gasteiger charge is 2.31. The van der Waals surface area contributed by atoms with E-state index in [1.807, 2.05) is 19.2 Å². The highest BCUT2D eigenvalue weighted by molar-refractivity contribution is 8.00. The van der Waals surface area contributed by atoms with Crippen LogP contribution in [0.3, 0.4) is 0 Å². The Labute approximate surface area is 117 Å². The summed E-state index contributed by atoms with van der Waals surface area (Å²) in [4.78, 5) is 14.7. The van der Waals surface area contributed by atoms with Crippen LogP contribution in [-0.4, -0.2) is 30.0 Å². The van der Waals surface area contributed by atoms with Gasteiger partial charge in [0.05, 0.1) is 16.0 Å². The number of hydrogen-bond donors (Lipinski definition) is 2. The van der Waals surface area contributed by atoms with E-state index in [1.165, 1.54) is 0 Å². The maximum atomic E-state index is 11.6. The van der Waals surface area contributed by atoms with Crippen LogP contribution >= 0.6 is 11.8 Å². The number of hydrogen-bond acceptors (Lipinski definition) is 4. The molecule has 1 saturated carbocycles. The molecule has 1 atom stereocenters. The Morgan fingerprint density at radius 1 is 1.53 bits per heavy atom. The van der Waals surface area contributed by atoms with Crippen LogP contribution in [-0.2, 0) is 4.79 Å². The van der Waals surface area contributed by atoms with Crippen LogP contribution < -0.4 is 10.2 Å². The van der Waals surface area contributed by atoms with Crippen LogP contribution in [0, 0.1) is 5.92 Å². The molecular weight excluding hydrogens is 260 g/mol. The highest BCUT2D eigenvalue weighted by Crippen LogP contribution is 2.47. The molecule has 1 aromatic carbocycles. The third-order valence-corrected chi connectivity index (χ3v) is 5.16. The van der Waals surface area contributed by atoms with E-state index in [2.05, 4.69) is 10.2 Å². The van der Waals surface area contributed by atoms with Crippen LogP contribution in [0.1, 0.15) is 19.3 Å². The van der Waals surface area contributed by atoms with Gasteiger partial charge in [-0.2, -0.15) is 0 Å². The molecule has 0 radical (unpaired) electrons. The number of thioether (sulfide) groups is 1. The Hall–Kier alpha value is -1.36. The molecule has 5 heteroatoms. The van der Waals surface area contributed by atoms with E-state index in [9.17, 15) is 9.90 Å². The van der Waals surface area contributed by atoms with Crippen molar-refractivity contribution in [1.29, 1.82) is 0 Å². The number of nitrogens with one attached hydrogen (secondary N) is 1. The molecular formula is C14H18N2O2S. The number of rotatable bonds is 4. The molecule has 1 fully saturated rings. The summed E-state index contributed by atoms with van der Waals surface area (Å²) in [6.45, 7) is 0.700. The van der Waals surface area contributed by atoms with E-state index < -0.39 is 0 Å². The minimum Gasteiger partial charge on any atom is -0.507 e. The molecule has 1 amide bonds. The first-order chi connectivity index (χ1) is 9.16. The second-order valence-electron chi connectivity index (χ2n) is 5.16. The number of amides is 1. The van der Waals surface area contributed by atoms with Crippen molar-refractivity contribution in [2.75, 3.05) is 18.5 Å². The minimum atomic E-state index is 0.200. The van der Waals surface area contributed by atoms with Crippen LogP contribution in [0.2, 0.25) is 0 Å². The molecule has 4 nitrogen and oxygen atoms in total. The topological polar surface area (TPSA) is 52.6 Å². The van der Waals surface area contributed by atoms with Gasteiger partial charge in [0.25, 0.3) is 0 Å². The van der Waals surface area contributed by atoms with E-state index in [-0.39, 0.29) is 17.2 Å². The molecule has 1 heterocycles. The van der Waals surface area contributed by atoms with Gasteiger partial charge in [-0.1, -0.05) is 17.8 Å². The van der Waals surface area contributed by atoms with Crippen molar-refractivity contribution >= 4 is 23.4 Å². The first kappa shape index (κ1) is 12.7. The van der Waals surface area contributed by atoms with E-state index in [0.717, 1.165) is 29.8 Å². The van der Waals surface area contributed by atoms with Crippen LogP contribution in [0.5, 0.6) is 5.75 Å². The molecule has 0 spiro atoms. The number of benzene rings is 1. The molecule has 0 saturated heterocycles. The van der Waals surface area contributed by atoms with Crippen LogP contribution in [0.4, 0.5) is 5.69 Å². The highest BCUT2D eigenvalue weighted by atomic mass is 32.2. The third-order valence-electron chi connectivity index (χ3n) is 3.68. The largest absolute Gasteiger partial charge is 0.507 e. The fourth-order valence-electron chi connectivity index (χ4n) is 2.34. The second kappa shape index (κ2) is 4.96. The van der Waals surface area contributed by atoms with Crippen LogP contribution in [0.15, 0.2) is 23.1 Å². The Bertz CT molecular complexity index is 502.